The van der Waals surface area contributed by atoms with Crippen molar-refractivity contribution in [1.82, 2.24) is 85.1 Å². The third-order valence-corrected chi connectivity index (χ3v) is 31.6. The van der Waals surface area contributed by atoms with Crippen LogP contribution in [0.15, 0.2) is 0 Å². The number of hydrogen-bond acceptors (Lipinski definition) is 28. The molecule has 24 N–H and O–H groups in total. The standard InChI is InChI=1S/2C37H56N8O10.Co/c2*46-33(47)17-11-5-10-16-18(17)30-43-29(16)41-27-13-7-2-1-6-12(13)25(39-27)38-26-14-8-3-4-9-15(14)28(40-26)42-31-19-20(32(44-30)45-31)22(35(50)51)24(37(54)55)23(36(52)53)21(19)34(48)49;/h2*12-32,38-45H,1-11H2,(H,46,47)(H,48,49)(H,50,51)(H,52,53)(H,54,55);/q;;+2/p-2. The minimum Gasteiger partial charge on any atom is -0.550 e. The van der Waals surface area contributed by atoms with Crippen LogP contribution in [0.2, 0.25) is 0 Å². The Balaban J connectivity index is 0.000000167. The average molecular weight is 1600 g/mol. The van der Waals surface area contributed by atoms with E-state index in [1.54, 1.807) is 0 Å². The van der Waals surface area contributed by atoms with Crippen LogP contribution < -0.4 is 95.3 Å². The first kappa shape index (κ1) is 79.4. The van der Waals surface area contributed by atoms with Crippen LogP contribution in [0.25, 0.3) is 0 Å². The van der Waals surface area contributed by atoms with Crippen molar-refractivity contribution >= 4 is 59.7 Å². The van der Waals surface area contributed by atoms with Gasteiger partial charge in [-0.05, 0) is 136 Å². The number of fused-ring (bicyclic) bond motifs is 40. The molecule has 42 unspecified atom stereocenters. The van der Waals surface area contributed by atoms with Crippen LogP contribution in [0.5, 0.6) is 0 Å². The summed E-state index contributed by atoms with van der Waals surface area (Å²) in [5.41, 5.74) is 0. The van der Waals surface area contributed by atoms with Crippen LogP contribution in [0.1, 0.15) is 141 Å². The molecule has 10 heterocycles. The maximum absolute atomic E-state index is 13.2. The van der Waals surface area contributed by atoms with Crippen LogP contribution >= 0.6 is 0 Å². The van der Waals surface area contributed by atoms with E-state index in [9.17, 15) is 99.0 Å². The molecule has 10 saturated heterocycles. The summed E-state index contributed by atoms with van der Waals surface area (Å²) in [5, 5.41) is 170. The van der Waals surface area contributed by atoms with Gasteiger partial charge in [-0.15, -0.1) is 0 Å². The quantitative estimate of drug-likeness (QED) is 0.0983. The number of carboxylic acid groups (broad SMARTS) is 10. The zero-order valence-corrected chi connectivity index (χ0v) is 62.7. The second kappa shape index (κ2) is 31.5. The topological polar surface area (TPSA) is 571 Å². The van der Waals surface area contributed by atoms with E-state index >= 15 is 0 Å². The van der Waals surface area contributed by atoms with Gasteiger partial charge in [-0.2, -0.15) is 0 Å². The molecule has 0 spiro atoms. The normalized spacial score (nSPS) is 51.1. The Bertz CT molecular complexity index is 3380. The summed E-state index contributed by atoms with van der Waals surface area (Å²) < 4.78 is 0. The van der Waals surface area contributed by atoms with Crippen molar-refractivity contribution in [2.75, 3.05) is 0 Å². The Morgan fingerprint density at radius 1 is 0.189 bits per heavy atom. The molecule has 111 heavy (non-hydrogen) atoms. The predicted octanol–water partition coefficient (Wildman–Crippen LogP) is -4.35. The molecule has 0 aromatic heterocycles. The maximum Gasteiger partial charge on any atom is 2.00 e. The molecule has 36 nitrogen and oxygen atoms in total. The third kappa shape index (κ3) is 13.8. The van der Waals surface area contributed by atoms with E-state index in [4.69, 9.17) is 0 Å². The summed E-state index contributed by atoms with van der Waals surface area (Å²) >= 11 is 0. The first-order valence-corrected chi connectivity index (χ1v) is 41.3. The van der Waals surface area contributed by atoms with E-state index in [0.717, 1.165) is 128 Å². The van der Waals surface area contributed by atoms with E-state index in [1.807, 2.05) is 0 Å². The fourth-order valence-electron chi connectivity index (χ4n) is 27.6. The smallest absolute Gasteiger partial charge is 0.550 e. The molecule has 16 bridgehead atoms. The van der Waals surface area contributed by atoms with Crippen LogP contribution in [0, 0.1) is 154 Å². The summed E-state index contributed by atoms with van der Waals surface area (Å²) in [6.07, 6.45) is 13.8. The Labute approximate surface area is 651 Å². The SMILES string of the molecule is O=C(O)C1CCCC2C3NC4NC(NC5NC(NC6NC(NC(N3)C12)C1C(C(=O)O)C(C(=O)O)C(C(=O)O)C(C(=O)[O-])C61)C1CCCCC51)C1CCCCC41.O=C(O)C1CCCC2C3NC4NC(NC5NC(NC6NC(NC(N3)C12)C1C(C(=O)O)C(C(=O)O)C(C(=O)O)C(C(=O)[O-])C61)C1CCCCC51)C1CCCCC41.[Co+2]. The van der Waals surface area contributed by atoms with E-state index in [0.29, 0.717) is 36.5 Å². The van der Waals surface area contributed by atoms with Gasteiger partial charge in [0.05, 0.1) is 146 Å². The minimum atomic E-state index is -2.07. The number of carboxylic acids is 10. The van der Waals surface area contributed by atoms with Crippen molar-refractivity contribution in [1.29, 1.82) is 0 Å². The number of carbonyl (C=O) groups excluding carboxylic acids is 2. The van der Waals surface area contributed by atoms with Crippen molar-refractivity contribution in [3.8, 4) is 0 Å². The molecule has 18 aliphatic rings. The summed E-state index contributed by atoms with van der Waals surface area (Å²) in [5.74, 6) is -36.0. The van der Waals surface area contributed by atoms with Crippen molar-refractivity contribution in [3.63, 3.8) is 0 Å². The van der Waals surface area contributed by atoms with Crippen LogP contribution in [0.4, 0.5) is 0 Å². The molecule has 1 radical (unpaired) electrons. The van der Waals surface area contributed by atoms with Gasteiger partial charge >= 0.3 is 64.5 Å². The van der Waals surface area contributed by atoms with E-state index in [1.165, 1.54) is 0 Å². The van der Waals surface area contributed by atoms with E-state index in [2.05, 4.69) is 85.1 Å². The second-order valence-corrected chi connectivity index (χ2v) is 36.2. The molecule has 42 atom stereocenters. The van der Waals surface area contributed by atoms with Crippen molar-refractivity contribution in [3.05, 3.63) is 0 Å². The number of carbonyl (C=O) groups is 10. The van der Waals surface area contributed by atoms with Crippen molar-refractivity contribution in [2.24, 2.45) is 154 Å². The maximum atomic E-state index is 13.2. The van der Waals surface area contributed by atoms with Gasteiger partial charge in [0.1, 0.15) is 0 Å². The molecular formula is C74H110CoN16O20. The zero-order chi connectivity index (χ0) is 76.9. The molecule has 0 aromatic carbocycles. The number of nitrogens with one attached hydrogen (secondary N) is 16. The van der Waals surface area contributed by atoms with Crippen molar-refractivity contribution < 1.29 is 116 Å². The largest absolute Gasteiger partial charge is 2.00 e. The third-order valence-electron chi connectivity index (χ3n) is 31.6. The molecule has 8 saturated carbocycles. The molecule has 18 fully saturated rings. The predicted molar refractivity (Wildman–Crippen MR) is 374 cm³/mol. The molecule has 0 amide bonds. The number of hydrogen-bond donors (Lipinski definition) is 24. The fourth-order valence-corrected chi connectivity index (χ4v) is 27.6. The Morgan fingerprint density at radius 2 is 0.351 bits per heavy atom. The second-order valence-electron chi connectivity index (χ2n) is 36.2. The van der Waals surface area contributed by atoms with Crippen molar-refractivity contribution in [2.45, 2.75) is 240 Å². The summed E-state index contributed by atoms with van der Waals surface area (Å²) in [6, 6.07) is 0. The Morgan fingerprint density at radius 3 is 0.550 bits per heavy atom. The number of aliphatic carboxylic acids is 10. The van der Waals surface area contributed by atoms with Gasteiger partial charge < -0.3 is 60.7 Å². The van der Waals surface area contributed by atoms with Crippen LogP contribution in [0.3, 0.4) is 0 Å². The summed E-state index contributed by atoms with van der Waals surface area (Å²) in [7, 11) is 0. The van der Waals surface area contributed by atoms with Gasteiger partial charge in [0.25, 0.3) is 0 Å². The summed E-state index contributed by atoms with van der Waals surface area (Å²) in [4.78, 5) is 130. The fraction of sp³-hybridized carbons (Fsp3) is 0.865. The van der Waals surface area contributed by atoms with E-state index < -0.39 is 191 Å². The molecule has 8 aliphatic carbocycles. The molecule has 18 rings (SSSR count). The molecular weight excluding hydrogens is 1490 g/mol. The first-order chi connectivity index (χ1) is 52.8. The molecule has 615 valence electrons. The number of rotatable bonds is 10. The van der Waals surface area contributed by atoms with Gasteiger partial charge in [-0.25, -0.2) is 0 Å². The van der Waals surface area contributed by atoms with Gasteiger partial charge in [0.2, 0.25) is 0 Å². The molecule has 10 aliphatic heterocycles. The van der Waals surface area contributed by atoms with Gasteiger partial charge in [-0.1, -0.05) is 64.2 Å². The van der Waals surface area contributed by atoms with E-state index in [-0.39, 0.29) is 114 Å². The Kier molecular flexibility index (Phi) is 22.6. The van der Waals surface area contributed by atoms with Crippen LogP contribution in [-0.2, 0) is 64.7 Å². The minimum absolute atomic E-state index is 0. The summed E-state index contributed by atoms with van der Waals surface area (Å²) in [6.45, 7) is 0. The monoisotopic (exact) mass is 1600 g/mol. The van der Waals surface area contributed by atoms with Crippen LogP contribution in [-0.4, -0.2) is 199 Å². The molecule has 37 heteroatoms. The average Bonchev–Trinajstić information content (AvgIpc) is 1.63. The van der Waals surface area contributed by atoms with Gasteiger partial charge in [-0.3, -0.25) is 123 Å². The van der Waals surface area contributed by atoms with Gasteiger partial charge in [0.15, 0.2) is 0 Å². The Hall–Kier alpha value is -5.43. The van der Waals surface area contributed by atoms with Gasteiger partial charge in [0, 0.05) is 59.3 Å². The zero-order valence-electron chi connectivity index (χ0n) is 61.6. The first-order valence-electron chi connectivity index (χ1n) is 41.3. The molecule has 0 aromatic rings.